The standard InChI is InChI=1S/C15H20N2O4/c1-21-11-5-6-12(13(16)8-11)14(18)17-10-4-2-3-9(7-10)15(19)20/h5-6,8-10H,2-4,7,16H2,1H3,(H,17,18)(H,19,20). The molecule has 2 atom stereocenters. The second kappa shape index (κ2) is 6.47. The van der Waals surface area contributed by atoms with E-state index in [9.17, 15) is 9.59 Å². The van der Waals surface area contributed by atoms with E-state index >= 15 is 0 Å². The smallest absolute Gasteiger partial charge is 0.306 e. The van der Waals surface area contributed by atoms with E-state index in [-0.39, 0.29) is 17.9 Å². The average Bonchev–Trinajstić information content (AvgIpc) is 2.47. The van der Waals surface area contributed by atoms with Gasteiger partial charge < -0.3 is 20.9 Å². The molecule has 114 valence electrons. The van der Waals surface area contributed by atoms with Gasteiger partial charge in [0.15, 0.2) is 0 Å². The lowest BCUT2D eigenvalue weighted by molar-refractivity contribution is -0.143. The molecule has 1 aromatic carbocycles. The molecular weight excluding hydrogens is 272 g/mol. The van der Waals surface area contributed by atoms with Gasteiger partial charge in [0.25, 0.3) is 5.91 Å². The van der Waals surface area contributed by atoms with E-state index in [1.165, 1.54) is 7.11 Å². The molecule has 2 rings (SSSR count). The zero-order valence-electron chi connectivity index (χ0n) is 12.0. The minimum Gasteiger partial charge on any atom is -0.497 e. The summed E-state index contributed by atoms with van der Waals surface area (Å²) >= 11 is 0. The lowest BCUT2D eigenvalue weighted by Crippen LogP contribution is -2.40. The van der Waals surface area contributed by atoms with Crippen LogP contribution < -0.4 is 15.8 Å². The number of carbonyl (C=O) groups is 2. The Labute approximate surface area is 123 Å². The predicted octanol–water partition coefficient (Wildman–Crippen LogP) is 1.65. The molecule has 0 saturated heterocycles. The second-order valence-electron chi connectivity index (χ2n) is 5.33. The Morgan fingerprint density at radius 3 is 2.76 bits per heavy atom. The van der Waals surface area contributed by atoms with Gasteiger partial charge in [-0.2, -0.15) is 0 Å². The molecule has 1 aliphatic rings. The van der Waals surface area contributed by atoms with Crippen LogP contribution in [0.15, 0.2) is 18.2 Å². The lowest BCUT2D eigenvalue weighted by Gasteiger charge is -2.27. The zero-order chi connectivity index (χ0) is 15.4. The van der Waals surface area contributed by atoms with Crippen molar-refractivity contribution in [1.29, 1.82) is 0 Å². The third kappa shape index (κ3) is 3.65. The molecule has 0 aromatic heterocycles. The Morgan fingerprint density at radius 2 is 2.14 bits per heavy atom. The molecule has 21 heavy (non-hydrogen) atoms. The van der Waals surface area contributed by atoms with E-state index in [1.807, 2.05) is 0 Å². The SMILES string of the molecule is COc1ccc(C(=O)NC2CCCC(C(=O)O)C2)c(N)c1. The number of nitrogens with one attached hydrogen (secondary N) is 1. The van der Waals surface area contributed by atoms with Crippen LogP contribution in [0.2, 0.25) is 0 Å². The van der Waals surface area contributed by atoms with Crippen molar-refractivity contribution in [2.45, 2.75) is 31.7 Å². The number of carbonyl (C=O) groups excluding carboxylic acids is 1. The van der Waals surface area contributed by atoms with Gasteiger partial charge in [-0.25, -0.2) is 0 Å². The molecule has 0 aliphatic heterocycles. The summed E-state index contributed by atoms with van der Waals surface area (Å²) < 4.78 is 5.04. The maximum atomic E-state index is 12.2. The first kappa shape index (κ1) is 15.2. The van der Waals surface area contributed by atoms with Crippen LogP contribution in [0.4, 0.5) is 5.69 Å². The van der Waals surface area contributed by atoms with Gasteiger partial charge in [-0.3, -0.25) is 9.59 Å². The van der Waals surface area contributed by atoms with Crippen molar-refractivity contribution in [1.82, 2.24) is 5.32 Å². The predicted molar refractivity (Wildman–Crippen MR) is 78.3 cm³/mol. The van der Waals surface area contributed by atoms with Crippen LogP contribution in [0.3, 0.4) is 0 Å². The summed E-state index contributed by atoms with van der Waals surface area (Å²) in [7, 11) is 1.53. The topological polar surface area (TPSA) is 102 Å². The molecule has 4 N–H and O–H groups in total. The Kier molecular flexibility index (Phi) is 4.67. The van der Waals surface area contributed by atoms with Crippen molar-refractivity contribution in [3.05, 3.63) is 23.8 Å². The van der Waals surface area contributed by atoms with Crippen molar-refractivity contribution < 1.29 is 19.4 Å². The number of methoxy groups -OCH3 is 1. The second-order valence-corrected chi connectivity index (χ2v) is 5.33. The summed E-state index contributed by atoms with van der Waals surface area (Å²) in [5.41, 5.74) is 6.57. The quantitative estimate of drug-likeness (QED) is 0.732. The number of carboxylic acids is 1. The first-order valence-corrected chi connectivity index (χ1v) is 6.98. The van der Waals surface area contributed by atoms with Crippen LogP contribution in [0.1, 0.15) is 36.0 Å². The number of rotatable bonds is 4. The number of amides is 1. The van der Waals surface area contributed by atoms with Gasteiger partial charge in [0, 0.05) is 17.8 Å². The summed E-state index contributed by atoms with van der Waals surface area (Å²) in [6, 6.07) is 4.76. The van der Waals surface area contributed by atoms with E-state index in [4.69, 9.17) is 15.6 Å². The first-order chi connectivity index (χ1) is 10.0. The number of benzene rings is 1. The summed E-state index contributed by atoms with van der Waals surface area (Å²) in [5.74, 6) is -0.853. The number of ether oxygens (including phenoxy) is 1. The van der Waals surface area contributed by atoms with Gasteiger partial charge in [0.1, 0.15) is 5.75 Å². The van der Waals surface area contributed by atoms with Gasteiger partial charge in [-0.1, -0.05) is 6.42 Å². The molecule has 2 unspecified atom stereocenters. The van der Waals surface area contributed by atoms with Crippen molar-refractivity contribution in [3.8, 4) is 5.75 Å². The Balaban J connectivity index is 2.02. The fraction of sp³-hybridized carbons (Fsp3) is 0.467. The molecular formula is C15H20N2O4. The highest BCUT2D eigenvalue weighted by Crippen LogP contribution is 2.25. The third-order valence-corrected chi connectivity index (χ3v) is 3.86. The largest absolute Gasteiger partial charge is 0.497 e. The van der Waals surface area contributed by atoms with Gasteiger partial charge in [-0.15, -0.1) is 0 Å². The highest BCUT2D eigenvalue weighted by molar-refractivity contribution is 5.99. The number of aliphatic carboxylic acids is 1. The molecule has 0 spiro atoms. The molecule has 0 radical (unpaired) electrons. The summed E-state index contributed by atoms with van der Waals surface area (Å²) in [6.07, 6.45) is 2.75. The first-order valence-electron chi connectivity index (χ1n) is 6.98. The molecule has 0 heterocycles. The number of hydrogen-bond donors (Lipinski definition) is 3. The van der Waals surface area contributed by atoms with E-state index in [0.29, 0.717) is 29.8 Å². The lowest BCUT2D eigenvalue weighted by atomic mass is 9.85. The Bertz CT molecular complexity index is 544. The van der Waals surface area contributed by atoms with Crippen molar-refractivity contribution in [2.75, 3.05) is 12.8 Å². The fourth-order valence-corrected chi connectivity index (χ4v) is 2.68. The highest BCUT2D eigenvalue weighted by atomic mass is 16.5. The maximum Gasteiger partial charge on any atom is 0.306 e. The number of nitrogen functional groups attached to an aromatic ring is 1. The Hall–Kier alpha value is -2.24. The number of carboxylic acid groups (broad SMARTS) is 1. The normalized spacial score (nSPS) is 21.6. The highest BCUT2D eigenvalue weighted by Gasteiger charge is 2.28. The fourth-order valence-electron chi connectivity index (χ4n) is 2.68. The van der Waals surface area contributed by atoms with Crippen LogP contribution in [0.5, 0.6) is 5.75 Å². The Morgan fingerprint density at radius 1 is 1.38 bits per heavy atom. The molecule has 1 aliphatic carbocycles. The minimum absolute atomic E-state index is 0.117. The number of nitrogens with two attached hydrogens (primary N) is 1. The zero-order valence-corrected chi connectivity index (χ0v) is 12.0. The molecule has 1 fully saturated rings. The van der Waals surface area contributed by atoms with E-state index in [0.717, 1.165) is 12.8 Å². The van der Waals surface area contributed by atoms with Crippen LogP contribution in [0.25, 0.3) is 0 Å². The van der Waals surface area contributed by atoms with Crippen LogP contribution >= 0.6 is 0 Å². The van der Waals surface area contributed by atoms with Gasteiger partial charge in [0.05, 0.1) is 18.6 Å². The van der Waals surface area contributed by atoms with Crippen LogP contribution in [-0.4, -0.2) is 30.1 Å². The van der Waals surface area contributed by atoms with Crippen molar-refractivity contribution in [3.63, 3.8) is 0 Å². The van der Waals surface area contributed by atoms with Crippen LogP contribution in [-0.2, 0) is 4.79 Å². The van der Waals surface area contributed by atoms with E-state index < -0.39 is 5.97 Å². The van der Waals surface area contributed by atoms with E-state index in [2.05, 4.69) is 5.32 Å². The maximum absolute atomic E-state index is 12.2. The molecule has 6 nitrogen and oxygen atoms in total. The number of anilines is 1. The van der Waals surface area contributed by atoms with Gasteiger partial charge >= 0.3 is 5.97 Å². The molecule has 6 heteroatoms. The number of hydrogen-bond acceptors (Lipinski definition) is 4. The summed E-state index contributed by atoms with van der Waals surface area (Å²) in [4.78, 5) is 23.3. The molecule has 1 amide bonds. The van der Waals surface area contributed by atoms with Gasteiger partial charge in [-0.05, 0) is 31.4 Å². The van der Waals surface area contributed by atoms with E-state index in [1.54, 1.807) is 18.2 Å². The van der Waals surface area contributed by atoms with Crippen molar-refractivity contribution in [2.24, 2.45) is 5.92 Å². The minimum atomic E-state index is -0.794. The van der Waals surface area contributed by atoms with Gasteiger partial charge in [0.2, 0.25) is 0 Å². The van der Waals surface area contributed by atoms with Crippen LogP contribution in [0, 0.1) is 5.92 Å². The molecule has 0 bridgehead atoms. The van der Waals surface area contributed by atoms with Crippen molar-refractivity contribution >= 4 is 17.6 Å². The third-order valence-electron chi connectivity index (χ3n) is 3.86. The average molecular weight is 292 g/mol. The summed E-state index contributed by atoms with van der Waals surface area (Å²) in [6.45, 7) is 0. The summed E-state index contributed by atoms with van der Waals surface area (Å²) in [5, 5.41) is 11.9. The monoisotopic (exact) mass is 292 g/mol. The molecule has 1 saturated carbocycles. The molecule has 1 aromatic rings.